The molecule has 0 fully saturated rings. The number of aromatic nitrogens is 2. The van der Waals surface area contributed by atoms with E-state index in [0.717, 1.165) is 24.0 Å². The van der Waals surface area contributed by atoms with E-state index in [1.807, 2.05) is 0 Å². The van der Waals surface area contributed by atoms with E-state index < -0.39 is 0 Å². The van der Waals surface area contributed by atoms with Crippen LogP contribution in [0, 0.1) is 5.82 Å². The van der Waals surface area contributed by atoms with E-state index in [1.54, 1.807) is 17.1 Å². The lowest BCUT2D eigenvalue weighted by Gasteiger charge is -2.06. The zero-order chi connectivity index (χ0) is 11.0. The lowest BCUT2D eigenvalue weighted by atomic mass is 10.2. The summed E-state index contributed by atoms with van der Waals surface area (Å²) in [7, 11) is 0. The van der Waals surface area contributed by atoms with Crippen LogP contribution in [-0.4, -0.2) is 28.9 Å². The van der Waals surface area contributed by atoms with Crippen molar-refractivity contribution in [2.24, 2.45) is 4.99 Å². The molecule has 2 N–H and O–H groups in total. The van der Waals surface area contributed by atoms with E-state index in [-0.39, 0.29) is 5.82 Å². The maximum absolute atomic E-state index is 13.0. The summed E-state index contributed by atoms with van der Waals surface area (Å²) < 4.78 is 13.0. The molecule has 0 radical (unpaired) electrons. The number of nitrogens with zero attached hydrogens (tertiary/aromatic N) is 3. The second kappa shape index (κ2) is 3.48. The van der Waals surface area contributed by atoms with Gasteiger partial charge in [-0.2, -0.15) is 9.89 Å². The Kier molecular flexibility index (Phi) is 1.99. The largest absolute Gasteiger partial charge is 0.353 e. The predicted molar refractivity (Wildman–Crippen MR) is 59.4 cm³/mol. The number of benzene rings is 1. The van der Waals surface area contributed by atoms with E-state index in [4.69, 9.17) is 0 Å². The van der Waals surface area contributed by atoms with Crippen molar-refractivity contribution >= 4 is 16.9 Å². The molecule has 0 atom stereocenters. The van der Waals surface area contributed by atoms with Crippen LogP contribution in [0.25, 0.3) is 10.9 Å². The van der Waals surface area contributed by atoms with Gasteiger partial charge in [-0.05, 0) is 18.2 Å². The van der Waals surface area contributed by atoms with Crippen LogP contribution >= 0.6 is 0 Å². The number of halogens is 1. The van der Waals surface area contributed by atoms with Gasteiger partial charge < -0.3 is 5.32 Å². The van der Waals surface area contributed by atoms with Gasteiger partial charge in [0, 0.05) is 11.9 Å². The Morgan fingerprint density at radius 2 is 2.38 bits per heavy atom. The van der Waals surface area contributed by atoms with Gasteiger partial charge in [-0.15, -0.1) is 0 Å². The maximum Gasteiger partial charge on any atom is 0.212 e. The molecule has 16 heavy (non-hydrogen) atoms. The minimum Gasteiger partial charge on any atom is -0.353 e. The molecule has 1 aromatic heterocycles. The topological polar surface area (TPSA) is 54.2 Å². The second-order valence-electron chi connectivity index (χ2n) is 3.53. The molecule has 82 valence electrons. The molecule has 0 unspecified atom stereocenters. The Morgan fingerprint density at radius 1 is 1.44 bits per heavy atom. The minimum absolute atomic E-state index is 0.261. The first-order valence-electron chi connectivity index (χ1n) is 5.01. The highest BCUT2D eigenvalue weighted by Gasteiger charge is 2.08. The molecule has 0 aliphatic carbocycles. The third-order valence-corrected chi connectivity index (χ3v) is 2.42. The highest BCUT2D eigenvalue weighted by atomic mass is 19.1. The average Bonchev–Trinajstić information content (AvgIpc) is 2.89. The molecule has 2 heterocycles. The molecule has 3 rings (SSSR count). The third-order valence-electron chi connectivity index (χ3n) is 2.42. The third kappa shape index (κ3) is 1.48. The molecule has 0 spiro atoms. The number of rotatable bonds is 1. The van der Waals surface area contributed by atoms with Crippen LogP contribution in [0.4, 0.5) is 4.39 Å². The van der Waals surface area contributed by atoms with Crippen LogP contribution < -0.4 is 10.7 Å². The van der Waals surface area contributed by atoms with Gasteiger partial charge in [0.25, 0.3) is 0 Å². The van der Waals surface area contributed by atoms with Crippen LogP contribution in [0.1, 0.15) is 0 Å². The summed E-state index contributed by atoms with van der Waals surface area (Å²) in [5.74, 6) is 0.428. The first-order valence-corrected chi connectivity index (χ1v) is 5.01. The fourth-order valence-electron chi connectivity index (χ4n) is 1.67. The lowest BCUT2D eigenvalue weighted by Crippen LogP contribution is -2.32. The number of fused-ring (bicyclic) bond motifs is 1. The maximum atomic E-state index is 13.0. The van der Waals surface area contributed by atoms with E-state index in [1.165, 1.54) is 12.1 Å². The normalized spacial score (nSPS) is 14.9. The number of nitrogens with one attached hydrogen (secondary N) is 2. The summed E-state index contributed by atoms with van der Waals surface area (Å²) in [4.78, 5) is 5.77. The van der Waals surface area contributed by atoms with Crippen molar-refractivity contribution in [2.45, 2.75) is 0 Å². The molecule has 1 aliphatic rings. The molecule has 0 bridgehead atoms. The van der Waals surface area contributed by atoms with E-state index in [0.29, 0.717) is 5.96 Å². The van der Waals surface area contributed by atoms with E-state index >= 15 is 0 Å². The van der Waals surface area contributed by atoms with Gasteiger partial charge in [-0.3, -0.25) is 0 Å². The van der Waals surface area contributed by atoms with Gasteiger partial charge in [0.1, 0.15) is 5.82 Å². The summed E-state index contributed by atoms with van der Waals surface area (Å²) in [5.41, 5.74) is 3.82. The second-order valence-corrected chi connectivity index (χ2v) is 3.53. The van der Waals surface area contributed by atoms with Crippen LogP contribution in [0.5, 0.6) is 0 Å². The summed E-state index contributed by atoms with van der Waals surface area (Å²) in [6.07, 6.45) is 1.61. The minimum atomic E-state index is -0.261. The van der Waals surface area contributed by atoms with E-state index in [9.17, 15) is 4.39 Å². The molecule has 0 saturated heterocycles. The highest BCUT2D eigenvalue weighted by Crippen LogP contribution is 2.13. The zero-order valence-electron chi connectivity index (χ0n) is 8.44. The highest BCUT2D eigenvalue weighted by molar-refractivity contribution is 5.90. The van der Waals surface area contributed by atoms with Gasteiger partial charge in [0.05, 0.1) is 18.3 Å². The molecule has 2 aromatic rings. The molecule has 1 aromatic carbocycles. The Balaban J connectivity index is 1.97. The van der Waals surface area contributed by atoms with Crippen LogP contribution in [-0.2, 0) is 0 Å². The van der Waals surface area contributed by atoms with Gasteiger partial charge in [0.2, 0.25) is 5.96 Å². The summed E-state index contributed by atoms with van der Waals surface area (Å²) in [5, 5.41) is 7.95. The monoisotopic (exact) mass is 219 g/mol. The smallest absolute Gasteiger partial charge is 0.212 e. The van der Waals surface area contributed by atoms with Crippen molar-refractivity contribution in [3.8, 4) is 0 Å². The van der Waals surface area contributed by atoms with Gasteiger partial charge in [0.15, 0.2) is 0 Å². The summed E-state index contributed by atoms with van der Waals surface area (Å²) >= 11 is 0. The number of hydrogen-bond acceptors (Lipinski definition) is 4. The van der Waals surface area contributed by atoms with Crippen molar-refractivity contribution in [2.75, 3.05) is 18.5 Å². The Bertz CT molecular complexity index is 559. The van der Waals surface area contributed by atoms with Gasteiger partial charge in [-0.1, -0.05) is 0 Å². The van der Waals surface area contributed by atoms with Gasteiger partial charge in [-0.25, -0.2) is 14.8 Å². The van der Waals surface area contributed by atoms with Crippen LogP contribution in [0.15, 0.2) is 29.4 Å². The average molecular weight is 219 g/mol. The quantitative estimate of drug-likeness (QED) is 0.741. The molecule has 0 amide bonds. The fourth-order valence-corrected chi connectivity index (χ4v) is 1.67. The van der Waals surface area contributed by atoms with Crippen molar-refractivity contribution in [3.05, 3.63) is 30.2 Å². The predicted octanol–water partition coefficient (Wildman–Crippen LogP) is 0.678. The number of aliphatic imine (C=N–C) groups is 1. The SMILES string of the molecule is Fc1ccc2c(cnn2NC2=NCCN2)c1. The Labute approximate surface area is 90.9 Å². The molecule has 1 aliphatic heterocycles. The zero-order valence-corrected chi connectivity index (χ0v) is 8.44. The molecular weight excluding hydrogens is 209 g/mol. The van der Waals surface area contributed by atoms with Crippen molar-refractivity contribution < 1.29 is 4.39 Å². The van der Waals surface area contributed by atoms with Crippen molar-refractivity contribution in [1.82, 2.24) is 15.2 Å². The van der Waals surface area contributed by atoms with Crippen LogP contribution in [0.2, 0.25) is 0 Å². The van der Waals surface area contributed by atoms with Crippen molar-refractivity contribution in [3.63, 3.8) is 0 Å². The lowest BCUT2D eigenvalue weighted by molar-refractivity contribution is 0.629. The molecule has 0 saturated carbocycles. The number of hydrogen-bond donors (Lipinski definition) is 2. The molecular formula is C10H10FN5. The van der Waals surface area contributed by atoms with Gasteiger partial charge >= 0.3 is 0 Å². The fraction of sp³-hybridized carbons (Fsp3) is 0.200. The first kappa shape index (κ1) is 9.14. The van der Waals surface area contributed by atoms with Crippen molar-refractivity contribution in [1.29, 1.82) is 0 Å². The molecule has 5 nitrogen and oxygen atoms in total. The standard InChI is InChI=1S/C10H10FN5/c11-8-1-2-9-7(5-8)6-14-16(9)15-10-12-3-4-13-10/h1-2,5-6H,3-4H2,(H2,12,13,15). The summed E-state index contributed by atoms with van der Waals surface area (Å²) in [6.45, 7) is 1.59. The first-order chi connectivity index (χ1) is 7.83. The van der Waals surface area contributed by atoms with E-state index in [2.05, 4.69) is 20.8 Å². The van der Waals surface area contributed by atoms with Crippen LogP contribution in [0.3, 0.4) is 0 Å². The summed E-state index contributed by atoms with van der Waals surface area (Å²) in [6, 6.07) is 4.54. The molecule has 6 heteroatoms. The Hall–Kier alpha value is -2.11. The number of guanidine groups is 1. The Morgan fingerprint density at radius 3 is 3.19 bits per heavy atom.